The molecule has 0 radical (unpaired) electrons. The van der Waals surface area contributed by atoms with Gasteiger partial charge in [0.1, 0.15) is 12.4 Å². The van der Waals surface area contributed by atoms with Gasteiger partial charge < -0.3 is 24.6 Å². The molecule has 0 fully saturated rings. The zero-order valence-corrected chi connectivity index (χ0v) is 11.4. The Kier molecular flexibility index (Phi) is 4.87. The molecule has 0 aromatic heterocycles. The van der Waals surface area contributed by atoms with E-state index in [1.54, 1.807) is 6.92 Å². The fourth-order valence-corrected chi connectivity index (χ4v) is 1.85. The molecule has 0 aliphatic carbocycles. The molecule has 0 amide bonds. The average molecular weight is 267 g/mol. The van der Waals surface area contributed by atoms with Crippen LogP contribution >= 0.6 is 0 Å². The molecule has 0 saturated heterocycles. The Morgan fingerprint density at radius 2 is 2.11 bits per heavy atom. The lowest BCUT2D eigenvalue weighted by Crippen LogP contribution is -2.17. The lowest BCUT2D eigenvalue weighted by atomic mass is 10.1. The van der Waals surface area contributed by atoms with Gasteiger partial charge in [0.15, 0.2) is 11.5 Å². The molecule has 1 aromatic rings. The molecular weight excluding hydrogens is 246 g/mol. The van der Waals surface area contributed by atoms with Gasteiger partial charge in [-0.2, -0.15) is 0 Å². The highest BCUT2D eigenvalue weighted by atomic mass is 16.7. The maximum Gasteiger partial charge on any atom is 0.231 e. The molecule has 1 unspecified atom stereocenters. The number of hydrogen-bond donors (Lipinski definition) is 2. The molecule has 19 heavy (non-hydrogen) atoms. The third kappa shape index (κ3) is 3.75. The molecule has 5 heteroatoms. The standard InChI is InChI=1S/C14H21NO4/c1-3-4-15-7-11-5-13-14(19-9-18-13)6-12(11)17-8-10(2)16/h5-6,10,15-16H,3-4,7-9H2,1-2H3. The number of fused-ring (bicyclic) bond motifs is 1. The summed E-state index contributed by atoms with van der Waals surface area (Å²) in [7, 11) is 0. The van der Waals surface area contributed by atoms with Crippen LogP contribution in [-0.2, 0) is 6.54 Å². The van der Waals surface area contributed by atoms with Crippen molar-refractivity contribution >= 4 is 0 Å². The van der Waals surface area contributed by atoms with Crippen molar-refractivity contribution in [1.82, 2.24) is 5.32 Å². The fraction of sp³-hybridized carbons (Fsp3) is 0.571. The minimum atomic E-state index is -0.498. The molecule has 5 nitrogen and oxygen atoms in total. The van der Waals surface area contributed by atoms with Gasteiger partial charge in [0.05, 0.1) is 6.10 Å². The second-order valence-electron chi connectivity index (χ2n) is 4.65. The van der Waals surface area contributed by atoms with E-state index < -0.39 is 6.10 Å². The topological polar surface area (TPSA) is 60.0 Å². The first-order valence-electron chi connectivity index (χ1n) is 6.64. The summed E-state index contributed by atoms with van der Waals surface area (Å²) in [5.74, 6) is 2.17. The maximum atomic E-state index is 9.32. The van der Waals surface area contributed by atoms with Gasteiger partial charge in [-0.3, -0.25) is 0 Å². The Morgan fingerprint density at radius 1 is 1.37 bits per heavy atom. The minimum absolute atomic E-state index is 0.247. The predicted molar refractivity (Wildman–Crippen MR) is 71.7 cm³/mol. The third-order valence-corrected chi connectivity index (χ3v) is 2.78. The summed E-state index contributed by atoms with van der Waals surface area (Å²) in [6.07, 6.45) is 0.580. The first-order chi connectivity index (χ1) is 9.20. The van der Waals surface area contributed by atoms with Gasteiger partial charge in [-0.15, -0.1) is 0 Å². The van der Waals surface area contributed by atoms with E-state index in [1.165, 1.54) is 0 Å². The zero-order valence-electron chi connectivity index (χ0n) is 11.4. The maximum absolute atomic E-state index is 9.32. The van der Waals surface area contributed by atoms with E-state index in [9.17, 15) is 5.11 Å². The summed E-state index contributed by atoms with van der Waals surface area (Å²) in [6, 6.07) is 3.76. The van der Waals surface area contributed by atoms with Crippen LogP contribution < -0.4 is 19.5 Å². The Balaban J connectivity index is 2.12. The molecular formula is C14H21NO4. The van der Waals surface area contributed by atoms with Crippen LogP contribution in [0, 0.1) is 0 Å². The van der Waals surface area contributed by atoms with Crippen LogP contribution in [0.15, 0.2) is 12.1 Å². The Morgan fingerprint density at radius 3 is 2.79 bits per heavy atom. The summed E-state index contributed by atoms with van der Waals surface area (Å²) >= 11 is 0. The van der Waals surface area contributed by atoms with Gasteiger partial charge in [-0.1, -0.05) is 6.92 Å². The average Bonchev–Trinajstić information content (AvgIpc) is 2.83. The highest BCUT2D eigenvalue weighted by Gasteiger charge is 2.18. The van der Waals surface area contributed by atoms with Gasteiger partial charge in [-0.25, -0.2) is 0 Å². The van der Waals surface area contributed by atoms with E-state index in [4.69, 9.17) is 14.2 Å². The fourth-order valence-electron chi connectivity index (χ4n) is 1.85. The van der Waals surface area contributed by atoms with E-state index in [1.807, 2.05) is 12.1 Å². The predicted octanol–water partition coefficient (Wildman–Crippen LogP) is 1.67. The minimum Gasteiger partial charge on any atom is -0.490 e. The number of aliphatic hydroxyl groups is 1. The van der Waals surface area contributed by atoms with Gasteiger partial charge in [-0.05, 0) is 26.0 Å². The van der Waals surface area contributed by atoms with Crippen LogP contribution in [0.5, 0.6) is 17.2 Å². The summed E-state index contributed by atoms with van der Waals surface area (Å²) in [5.41, 5.74) is 1.01. The van der Waals surface area contributed by atoms with E-state index in [-0.39, 0.29) is 13.4 Å². The SMILES string of the molecule is CCCNCc1cc2c(cc1OCC(C)O)OCO2. The lowest BCUT2D eigenvalue weighted by Gasteiger charge is -2.14. The van der Waals surface area contributed by atoms with Crippen molar-refractivity contribution < 1.29 is 19.3 Å². The number of nitrogens with one attached hydrogen (secondary N) is 1. The molecule has 2 rings (SSSR count). The van der Waals surface area contributed by atoms with Gasteiger partial charge in [0.25, 0.3) is 0 Å². The largest absolute Gasteiger partial charge is 0.490 e. The Hall–Kier alpha value is -1.46. The van der Waals surface area contributed by atoms with Crippen molar-refractivity contribution in [2.24, 2.45) is 0 Å². The first-order valence-corrected chi connectivity index (χ1v) is 6.64. The molecule has 1 heterocycles. The molecule has 1 aliphatic heterocycles. The summed E-state index contributed by atoms with van der Waals surface area (Å²) in [5, 5.41) is 12.6. The van der Waals surface area contributed by atoms with E-state index in [0.717, 1.165) is 30.0 Å². The molecule has 1 atom stereocenters. The van der Waals surface area contributed by atoms with Crippen LogP contribution in [0.3, 0.4) is 0 Å². The highest BCUT2D eigenvalue weighted by molar-refractivity contribution is 5.51. The second kappa shape index (κ2) is 6.63. The molecule has 106 valence electrons. The normalized spacial score (nSPS) is 14.5. The van der Waals surface area contributed by atoms with Crippen molar-refractivity contribution in [3.05, 3.63) is 17.7 Å². The third-order valence-electron chi connectivity index (χ3n) is 2.78. The summed E-state index contributed by atoms with van der Waals surface area (Å²) in [4.78, 5) is 0. The quantitative estimate of drug-likeness (QED) is 0.736. The monoisotopic (exact) mass is 267 g/mol. The number of aliphatic hydroxyl groups excluding tert-OH is 1. The van der Waals surface area contributed by atoms with Crippen LogP contribution in [-0.4, -0.2) is 31.2 Å². The smallest absolute Gasteiger partial charge is 0.231 e. The van der Waals surface area contributed by atoms with Crippen molar-refractivity contribution in [2.45, 2.75) is 32.9 Å². The van der Waals surface area contributed by atoms with Gasteiger partial charge >= 0.3 is 0 Å². The summed E-state index contributed by atoms with van der Waals surface area (Å²) in [6.45, 7) is 5.99. The summed E-state index contributed by atoms with van der Waals surface area (Å²) < 4.78 is 16.3. The van der Waals surface area contributed by atoms with Crippen molar-refractivity contribution in [3.63, 3.8) is 0 Å². The highest BCUT2D eigenvalue weighted by Crippen LogP contribution is 2.38. The molecule has 0 saturated carbocycles. The van der Waals surface area contributed by atoms with E-state index in [0.29, 0.717) is 12.3 Å². The van der Waals surface area contributed by atoms with E-state index in [2.05, 4.69) is 12.2 Å². The number of benzene rings is 1. The van der Waals surface area contributed by atoms with Crippen molar-refractivity contribution in [2.75, 3.05) is 19.9 Å². The van der Waals surface area contributed by atoms with Gasteiger partial charge in [0, 0.05) is 18.2 Å². The second-order valence-corrected chi connectivity index (χ2v) is 4.65. The van der Waals surface area contributed by atoms with Crippen molar-refractivity contribution in [3.8, 4) is 17.2 Å². The van der Waals surface area contributed by atoms with Gasteiger partial charge in [0.2, 0.25) is 6.79 Å². The van der Waals surface area contributed by atoms with Crippen molar-refractivity contribution in [1.29, 1.82) is 0 Å². The molecule has 2 N–H and O–H groups in total. The Bertz CT molecular complexity index is 420. The molecule has 0 spiro atoms. The number of rotatable bonds is 7. The number of ether oxygens (including phenoxy) is 3. The van der Waals surface area contributed by atoms with Crippen LogP contribution in [0.4, 0.5) is 0 Å². The van der Waals surface area contributed by atoms with Crippen LogP contribution in [0.25, 0.3) is 0 Å². The first kappa shape index (κ1) is 14.0. The lowest BCUT2D eigenvalue weighted by molar-refractivity contribution is 0.122. The number of hydrogen-bond acceptors (Lipinski definition) is 5. The Labute approximate surface area is 113 Å². The van der Waals surface area contributed by atoms with Crippen LogP contribution in [0.1, 0.15) is 25.8 Å². The van der Waals surface area contributed by atoms with Crippen LogP contribution in [0.2, 0.25) is 0 Å². The molecule has 1 aromatic carbocycles. The molecule has 0 bridgehead atoms. The molecule has 1 aliphatic rings. The zero-order chi connectivity index (χ0) is 13.7. The van der Waals surface area contributed by atoms with E-state index >= 15 is 0 Å².